The largest absolute Gasteiger partial charge is 0.356 e. The Kier molecular flexibility index (Phi) is 3.89. The molecule has 0 bridgehead atoms. The van der Waals surface area contributed by atoms with Crippen LogP contribution in [0, 0.1) is 0 Å². The van der Waals surface area contributed by atoms with Gasteiger partial charge in [-0.1, -0.05) is 6.92 Å². The standard InChI is InChI=1S/C15H22N4S/c1-3-12-8-13-14(17-9-18-15(13)20-12)19(2)11-6-4-10(16)5-7-11/h8-11H,3-7,16H2,1-2H3. The van der Waals surface area contributed by atoms with E-state index in [9.17, 15) is 0 Å². The fraction of sp³-hybridized carbons (Fsp3) is 0.600. The average molecular weight is 290 g/mol. The highest BCUT2D eigenvalue weighted by molar-refractivity contribution is 7.18. The molecule has 0 unspecified atom stereocenters. The highest BCUT2D eigenvalue weighted by atomic mass is 32.1. The van der Waals surface area contributed by atoms with Crippen LogP contribution in [0.2, 0.25) is 0 Å². The van der Waals surface area contributed by atoms with Gasteiger partial charge in [0, 0.05) is 24.0 Å². The molecule has 2 aromatic heterocycles. The van der Waals surface area contributed by atoms with Gasteiger partial charge in [0.2, 0.25) is 0 Å². The molecule has 0 radical (unpaired) electrons. The van der Waals surface area contributed by atoms with E-state index in [0.717, 1.165) is 42.8 Å². The van der Waals surface area contributed by atoms with Crippen LogP contribution in [0.4, 0.5) is 5.82 Å². The van der Waals surface area contributed by atoms with Crippen molar-refractivity contribution in [2.45, 2.75) is 51.1 Å². The lowest BCUT2D eigenvalue weighted by atomic mass is 9.91. The van der Waals surface area contributed by atoms with Gasteiger partial charge in [0.1, 0.15) is 17.0 Å². The van der Waals surface area contributed by atoms with Gasteiger partial charge >= 0.3 is 0 Å². The molecule has 0 amide bonds. The Bertz CT molecular complexity index is 587. The van der Waals surface area contributed by atoms with E-state index in [1.165, 1.54) is 10.3 Å². The zero-order valence-electron chi connectivity index (χ0n) is 12.2. The molecule has 3 rings (SSSR count). The number of hydrogen-bond acceptors (Lipinski definition) is 5. The van der Waals surface area contributed by atoms with Gasteiger partial charge in [-0.3, -0.25) is 0 Å². The first-order chi connectivity index (χ1) is 9.69. The summed E-state index contributed by atoms with van der Waals surface area (Å²) in [4.78, 5) is 13.8. The fourth-order valence-corrected chi connectivity index (χ4v) is 3.94. The van der Waals surface area contributed by atoms with Crippen LogP contribution in [0.1, 0.15) is 37.5 Å². The van der Waals surface area contributed by atoms with Gasteiger partial charge in [0.05, 0.1) is 5.39 Å². The van der Waals surface area contributed by atoms with Crippen molar-refractivity contribution in [3.8, 4) is 0 Å². The van der Waals surface area contributed by atoms with E-state index in [0.29, 0.717) is 12.1 Å². The molecule has 108 valence electrons. The monoisotopic (exact) mass is 290 g/mol. The van der Waals surface area contributed by atoms with Crippen LogP contribution in [-0.4, -0.2) is 29.1 Å². The van der Waals surface area contributed by atoms with Crippen molar-refractivity contribution in [1.82, 2.24) is 9.97 Å². The summed E-state index contributed by atoms with van der Waals surface area (Å²) in [7, 11) is 2.16. The van der Waals surface area contributed by atoms with Gasteiger partial charge in [-0.25, -0.2) is 9.97 Å². The Labute approximate surface area is 124 Å². The number of fused-ring (bicyclic) bond motifs is 1. The third kappa shape index (κ3) is 2.52. The molecule has 1 aliphatic rings. The van der Waals surface area contributed by atoms with Gasteiger partial charge in [-0.2, -0.15) is 0 Å². The van der Waals surface area contributed by atoms with E-state index in [1.54, 1.807) is 17.7 Å². The number of anilines is 1. The van der Waals surface area contributed by atoms with Crippen molar-refractivity contribution in [1.29, 1.82) is 0 Å². The Morgan fingerprint density at radius 2 is 2.05 bits per heavy atom. The number of thiophene rings is 1. The predicted octanol–water partition coefficient (Wildman–Crippen LogP) is 2.96. The Hall–Kier alpha value is -1.20. The van der Waals surface area contributed by atoms with E-state index >= 15 is 0 Å². The minimum absolute atomic E-state index is 0.387. The zero-order chi connectivity index (χ0) is 14.1. The highest BCUT2D eigenvalue weighted by Crippen LogP contribution is 2.33. The van der Waals surface area contributed by atoms with Gasteiger partial charge < -0.3 is 10.6 Å². The highest BCUT2D eigenvalue weighted by Gasteiger charge is 2.24. The number of hydrogen-bond donors (Lipinski definition) is 1. The van der Waals surface area contributed by atoms with Crippen molar-refractivity contribution >= 4 is 27.4 Å². The molecule has 1 saturated carbocycles. The van der Waals surface area contributed by atoms with Crippen LogP contribution in [-0.2, 0) is 6.42 Å². The number of nitrogens with zero attached hydrogens (tertiary/aromatic N) is 3. The summed E-state index contributed by atoms with van der Waals surface area (Å²) in [6, 6.07) is 3.19. The molecule has 0 atom stereocenters. The molecular weight excluding hydrogens is 268 g/mol. The molecule has 5 heteroatoms. The summed E-state index contributed by atoms with van der Waals surface area (Å²) in [6.45, 7) is 2.18. The summed E-state index contributed by atoms with van der Waals surface area (Å²) in [5.74, 6) is 1.08. The lowest BCUT2D eigenvalue weighted by Gasteiger charge is -2.34. The molecule has 2 heterocycles. The second-order valence-corrected chi connectivity index (χ2v) is 6.78. The second kappa shape index (κ2) is 5.66. The molecule has 0 aromatic carbocycles. The second-order valence-electron chi connectivity index (χ2n) is 5.66. The minimum Gasteiger partial charge on any atom is -0.356 e. The van der Waals surface area contributed by atoms with Crippen molar-refractivity contribution in [3.05, 3.63) is 17.3 Å². The first-order valence-corrected chi connectivity index (χ1v) is 8.22. The maximum Gasteiger partial charge on any atom is 0.140 e. The maximum atomic E-state index is 6.01. The summed E-state index contributed by atoms with van der Waals surface area (Å²) < 4.78 is 0. The van der Waals surface area contributed by atoms with Crippen LogP contribution in [0.5, 0.6) is 0 Å². The molecule has 2 aromatic rings. The van der Waals surface area contributed by atoms with Crippen molar-refractivity contribution < 1.29 is 0 Å². The first-order valence-electron chi connectivity index (χ1n) is 7.41. The molecular formula is C15H22N4S. The molecule has 1 aliphatic carbocycles. The lowest BCUT2D eigenvalue weighted by Crippen LogP contribution is -2.39. The molecule has 0 aliphatic heterocycles. The van der Waals surface area contributed by atoms with Crippen LogP contribution in [0.25, 0.3) is 10.2 Å². The maximum absolute atomic E-state index is 6.01. The number of nitrogens with two attached hydrogens (primary N) is 1. The Balaban J connectivity index is 1.90. The van der Waals surface area contributed by atoms with Crippen molar-refractivity contribution in [2.75, 3.05) is 11.9 Å². The minimum atomic E-state index is 0.387. The van der Waals surface area contributed by atoms with Gasteiger partial charge in [-0.15, -0.1) is 11.3 Å². The smallest absolute Gasteiger partial charge is 0.140 e. The third-order valence-electron chi connectivity index (χ3n) is 4.33. The molecule has 2 N–H and O–H groups in total. The Morgan fingerprint density at radius 1 is 1.30 bits per heavy atom. The summed E-state index contributed by atoms with van der Waals surface area (Å²) in [6.07, 6.45) is 7.31. The lowest BCUT2D eigenvalue weighted by molar-refractivity contribution is 0.384. The zero-order valence-corrected chi connectivity index (χ0v) is 13.0. The molecule has 20 heavy (non-hydrogen) atoms. The third-order valence-corrected chi connectivity index (χ3v) is 5.52. The number of aromatic nitrogens is 2. The van der Waals surface area contributed by atoms with Crippen molar-refractivity contribution in [2.24, 2.45) is 5.73 Å². The number of rotatable bonds is 3. The summed E-state index contributed by atoms with van der Waals surface area (Å²) >= 11 is 1.78. The predicted molar refractivity (Wildman–Crippen MR) is 85.4 cm³/mol. The van der Waals surface area contributed by atoms with Crippen LogP contribution >= 0.6 is 11.3 Å². The normalized spacial score (nSPS) is 23.1. The van der Waals surface area contributed by atoms with Crippen molar-refractivity contribution in [3.63, 3.8) is 0 Å². The van der Waals surface area contributed by atoms with Gasteiger partial charge in [0.25, 0.3) is 0 Å². The first kappa shape index (κ1) is 13.8. The van der Waals surface area contributed by atoms with Crippen LogP contribution in [0.3, 0.4) is 0 Å². The number of aryl methyl sites for hydroxylation is 1. The van der Waals surface area contributed by atoms with E-state index in [1.807, 2.05) is 0 Å². The van der Waals surface area contributed by atoms with E-state index in [4.69, 9.17) is 5.73 Å². The summed E-state index contributed by atoms with van der Waals surface area (Å²) in [5.41, 5.74) is 6.01. The molecule has 0 saturated heterocycles. The summed E-state index contributed by atoms with van der Waals surface area (Å²) in [5, 5.41) is 1.20. The molecule has 0 spiro atoms. The topological polar surface area (TPSA) is 55.0 Å². The van der Waals surface area contributed by atoms with E-state index in [2.05, 4.69) is 34.9 Å². The molecule has 4 nitrogen and oxygen atoms in total. The molecule has 1 fully saturated rings. The van der Waals surface area contributed by atoms with Crippen LogP contribution < -0.4 is 10.6 Å². The average Bonchev–Trinajstić information content (AvgIpc) is 2.90. The quantitative estimate of drug-likeness (QED) is 0.944. The fourth-order valence-electron chi connectivity index (χ4n) is 3.01. The SMILES string of the molecule is CCc1cc2c(N(C)C3CCC(N)CC3)ncnc2s1. The Morgan fingerprint density at radius 3 is 2.75 bits per heavy atom. The van der Waals surface area contributed by atoms with Gasteiger partial charge in [0.15, 0.2) is 0 Å². The van der Waals surface area contributed by atoms with E-state index < -0.39 is 0 Å². The van der Waals surface area contributed by atoms with Crippen LogP contribution in [0.15, 0.2) is 12.4 Å². The van der Waals surface area contributed by atoms with E-state index in [-0.39, 0.29) is 0 Å². The van der Waals surface area contributed by atoms with Gasteiger partial charge in [-0.05, 0) is 38.2 Å².